The van der Waals surface area contributed by atoms with Gasteiger partial charge in [-0.05, 0) is 26.3 Å². The van der Waals surface area contributed by atoms with Gasteiger partial charge in [-0.1, -0.05) is 26.7 Å². The molecule has 37 heavy (non-hydrogen) atoms. The average molecular weight is 506 g/mol. The Hall–Kier alpha value is -3.66. The van der Waals surface area contributed by atoms with E-state index in [4.69, 9.17) is 9.47 Å². The number of carbonyl (C=O) groups excluding carboxylic acids is 1. The second-order valence-corrected chi connectivity index (χ2v) is 9.97. The van der Waals surface area contributed by atoms with Crippen LogP contribution in [-0.4, -0.2) is 61.7 Å². The lowest BCUT2D eigenvalue weighted by atomic mass is 10.2. The van der Waals surface area contributed by atoms with Crippen molar-refractivity contribution in [3.8, 4) is 5.75 Å². The largest absolute Gasteiger partial charge is 0.489 e. The van der Waals surface area contributed by atoms with Gasteiger partial charge in [-0.3, -0.25) is 9.48 Å². The van der Waals surface area contributed by atoms with Crippen molar-refractivity contribution < 1.29 is 14.3 Å². The van der Waals surface area contributed by atoms with Gasteiger partial charge in [0, 0.05) is 31.2 Å². The Balaban J connectivity index is 0.000000655. The molecule has 0 aliphatic carbocycles. The minimum atomic E-state index is -0.296. The molecule has 2 aliphatic rings. The number of benzene rings is 1. The molecule has 3 aromatic heterocycles. The number of ether oxygens (including phenoxy) is 2. The number of aromatic nitrogens is 5. The van der Waals surface area contributed by atoms with Gasteiger partial charge in [0.05, 0.1) is 60.3 Å². The van der Waals surface area contributed by atoms with Crippen molar-refractivity contribution in [2.24, 2.45) is 7.05 Å². The number of hydrogen-bond donors (Lipinski definition) is 1. The minimum Gasteiger partial charge on any atom is -0.489 e. The number of aryl methyl sites for hydroxylation is 1. The van der Waals surface area contributed by atoms with Crippen LogP contribution in [0, 0.1) is 0 Å². The number of anilines is 2. The molecule has 1 N–H and O–H groups in total. The van der Waals surface area contributed by atoms with Gasteiger partial charge < -0.3 is 19.7 Å². The molecule has 2 fully saturated rings. The van der Waals surface area contributed by atoms with Crippen molar-refractivity contribution in [1.29, 1.82) is 0 Å². The smallest absolute Gasteiger partial charge is 0.261 e. The Morgan fingerprint density at radius 3 is 2.70 bits per heavy atom. The van der Waals surface area contributed by atoms with E-state index in [1.165, 1.54) is 12.8 Å². The topological polar surface area (TPSA) is 98.8 Å². The molecule has 0 saturated carbocycles. The first-order valence-electron chi connectivity index (χ1n) is 13.0. The van der Waals surface area contributed by atoms with Gasteiger partial charge in [-0.2, -0.15) is 10.2 Å². The Morgan fingerprint density at radius 1 is 1.22 bits per heavy atom. The Morgan fingerprint density at radius 2 is 2.03 bits per heavy atom. The molecule has 1 aromatic carbocycles. The summed E-state index contributed by atoms with van der Waals surface area (Å²) < 4.78 is 15.0. The van der Waals surface area contributed by atoms with Crippen LogP contribution in [0.3, 0.4) is 0 Å². The molecule has 196 valence electrons. The monoisotopic (exact) mass is 505 g/mol. The van der Waals surface area contributed by atoms with Gasteiger partial charge >= 0.3 is 0 Å². The van der Waals surface area contributed by atoms with E-state index < -0.39 is 0 Å². The fourth-order valence-corrected chi connectivity index (χ4v) is 4.70. The Kier molecular flexibility index (Phi) is 7.01. The van der Waals surface area contributed by atoms with Crippen LogP contribution < -0.4 is 15.0 Å². The summed E-state index contributed by atoms with van der Waals surface area (Å²) in [5.74, 6) is 0.276. The number of morpholine rings is 1. The zero-order valence-electron chi connectivity index (χ0n) is 22.1. The third-order valence-corrected chi connectivity index (χ3v) is 6.65. The van der Waals surface area contributed by atoms with Crippen molar-refractivity contribution >= 4 is 33.8 Å². The molecule has 0 unspecified atom stereocenters. The summed E-state index contributed by atoms with van der Waals surface area (Å²) in [5.41, 5.74) is 3.28. The lowest BCUT2D eigenvalue weighted by Gasteiger charge is -2.28. The highest BCUT2D eigenvalue weighted by molar-refractivity contribution is 6.09. The van der Waals surface area contributed by atoms with Crippen LogP contribution in [0.4, 0.5) is 11.4 Å². The van der Waals surface area contributed by atoms with E-state index in [1.807, 2.05) is 51.6 Å². The maximum Gasteiger partial charge on any atom is 0.261 e. The molecule has 2 aliphatic heterocycles. The fraction of sp³-hybridized carbons (Fsp3) is 0.481. The van der Waals surface area contributed by atoms with E-state index >= 15 is 0 Å². The molecule has 5 heterocycles. The van der Waals surface area contributed by atoms with Gasteiger partial charge in [0.25, 0.3) is 5.91 Å². The number of fused-ring (bicyclic) bond motifs is 4. The molecule has 2 saturated heterocycles. The highest BCUT2D eigenvalue weighted by Gasteiger charge is 2.39. The average Bonchev–Trinajstić information content (AvgIpc) is 3.66. The van der Waals surface area contributed by atoms with E-state index in [0.29, 0.717) is 34.8 Å². The van der Waals surface area contributed by atoms with E-state index in [2.05, 4.69) is 39.2 Å². The fourth-order valence-electron chi connectivity index (χ4n) is 4.70. The first-order chi connectivity index (χ1) is 17.9. The van der Waals surface area contributed by atoms with Crippen LogP contribution >= 0.6 is 0 Å². The second kappa shape index (κ2) is 10.4. The lowest BCUT2D eigenvalue weighted by Crippen LogP contribution is -2.37. The molecular formula is C27H35N7O3. The number of hydrogen-bond acceptors (Lipinski definition) is 7. The zero-order valence-corrected chi connectivity index (χ0v) is 22.1. The normalized spacial score (nSPS) is 18.5. The van der Waals surface area contributed by atoms with Crippen LogP contribution in [0.5, 0.6) is 5.75 Å². The molecule has 10 nitrogen and oxygen atoms in total. The third-order valence-electron chi connectivity index (χ3n) is 6.65. The maximum atomic E-state index is 13.2. The molecule has 2 atom stereocenters. The standard InChI is InChI=1S/C23H25N7O3.C4H10/c1-13(2)33-21-6-19-14(9-28(3)27-19)4-20(21)26-23(31)18-8-25-30-10-16(7-24-22(18)30)29-11-17-5-15(29)12-32-17;1-3-4-2/h4,6-10,13,15,17H,5,11-12H2,1-3H3,(H,26,31);3-4H2,1-2H3/t15-,17-;/m1./s1. The van der Waals surface area contributed by atoms with Gasteiger partial charge in [-0.15, -0.1) is 0 Å². The molecule has 0 spiro atoms. The molecule has 6 rings (SSSR count). The lowest BCUT2D eigenvalue weighted by molar-refractivity contribution is 0.0991. The third kappa shape index (κ3) is 5.11. The molecular weight excluding hydrogens is 470 g/mol. The number of amides is 1. The van der Waals surface area contributed by atoms with Crippen LogP contribution in [0.2, 0.25) is 0 Å². The summed E-state index contributed by atoms with van der Waals surface area (Å²) in [6, 6.07) is 4.10. The number of nitrogens with zero attached hydrogens (tertiary/aromatic N) is 6. The Labute approximate surface area is 216 Å². The molecule has 4 aromatic rings. The van der Waals surface area contributed by atoms with Crippen molar-refractivity contribution in [3.05, 3.63) is 42.5 Å². The first kappa shape index (κ1) is 25.0. The van der Waals surface area contributed by atoms with E-state index in [0.717, 1.165) is 36.2 Å². The van der Waals surface area contributed by atoms with Crippen molar-refractivity contribution in [1.82, 2.24) is 24.4 Å². The van der Waals surface area contributed by atoms with Crippen molar-refractivity contribution in [2.75, 3.05) is 23.4 Å². The van der Waals surface area contributed by atoms with E-state index in [9.17, 15) is 4.79 Å². The second-order valence-electron chi connectivity index (χ2n) is 9.97. The van der Waals surface area contributed by atoms with Gasteiger partial charge in [0.2, 0.25) is 0 Å². The van der Waals surface area contributed by atoms with Gasteiger partial charge in [-0.25, -0.2) is 9.50 Å². The van der Waals surface area contributed by atoms with Crippen molar-refractivity contribution in [3.63, 3.8) is 0 Å². The van der Waals surface area contributed by atoms with E-state index in [-0.39, 0.29) is 12.0 Å². The summed E-state index contributed by atoms with van der Waals surface area (Å²) >= 11 is 0. The summed E-state index contributed by atoms with van der Waals surface area (Å²) in [4.78, 5) is 20.1. The number of carbonyl (C=O) groups is 1. The number of unbranched alkanes of at least 4 members (excludes halogenated alkanes) is 1. The predicted molar refractivity (Wildman–Crippen MR) is 143 cm³/mol. The molecule has 2 bridgehead atoms. The number of rotatable bonds is 6. The van der Waals surface area contributed by atoms with Crippen LogP contribution in [0.1, 0.15) is 57.3 Å². The van der Waals surface area contributed by atoms with Crippen LogP contribution in [0.25, 0.3) is 16.6 Å². The number of nitrogens with one attached hydrogen (secondary N) is 1. The SMILES string of the molecule is CC(C)Oc1cc2nn(C)cc2cc1NC(=O)c1cnn2cc(N3C[C@H]4C[C@@H]3CO4)cnc12.CCCC. The maximum absolute atomic E-state index is 13.2. The first-order valence-corrected chi connectivity index (χ1v) is 13.0. The molecule has 10 heteroatoms. The summed E-state index contributed by atoms with van der Waals surface area (Å²) in [6.45, 7) is 9.86. The predicted octanol–water partition coefficient (Wildman–Crippen LogP) is 4.44. The zero-order chi connectivity index (χ0) is 26.1. The highest BCUT2D eigenvalue weighted by Crippen LogP contribution is 2.33. The van der Waals surface area contributed by atoms with Gasteiger partial charge in [0.1, 0.15) is 11.3 Å². The quantitative estimate of drug-likeness (QED) is 0.414. The molecule has 1 amide bonds. The van der Waals surface area contributed by atoms with Crippen molar-refractivity contribution in [2.45, 2.75) is 65.2 Å². The Bertz CT molecular complexity index is 1410. The highest BCUT2D eigenvalue weighted by atomic mass is 16.5. The molecule has 0 radical (unpaired) electrons. The summed E-state index contributed by atoms with van der Waals surface area (Å²) in [6.07, 6.45) is 11.1. The summed E-state index contributed by atoms with van der Waals surface area (Å²) in [5, 5.41) is 12.7. The van der Waals surface area contributed by atoms with Gasteiger partial charge in [0.15, 0.2) is 5.65 Å². The minimum absolute atomic E-state index is 0.0508. The van der Waals surface area contributed by atoms with E-state index in [1.54, 1.807) is 15.4 Å². The van der Waals surface area contributed by atoms with Crippen LogP contribution in [0.15, 0.2) is 36.9 Å². The van der Waals surface area contributed by atoms with Crippen LogP contribution in [-0.2, 0) is 11.8 Å². The summed E-state index contributed by atoms with van der Waals surface area (Å²) in [7, 11) is 1.86.